The van der Waals surface area contributed by atoms with Gasteiger partial charge in [0.15, 0.2) is 11.5 Å². The molecule has 12 heteroatoms. The van der Waals surface area contributed by atoms with Crippen molar-refractivity contribution >= 4 is 16.9 Å². The molecule has 0 bridgehead atoms. The number of aryl methyl sites for hydroxylation is 1. The Morgan fingerprint density at radius 3 is 2.85 bits per heavy atom. The standard InChI is InChI=1S/C27H24F2N10/c1-16-12-39(15-33-16)22-2-4-31-25-24(22)35-26(36-25)23-20-7-21(32-10-19(20)11-34-37-23)18-6-17(8-30-9-18)13-38-5-3-27(28,29)14-38/h2,4,6-10,12,15,34H,3,5,11,13-14H2,1H3,(H,31,35,36). The third-order valence-electron chi connectivity index (χ3n) is 7.03. The van der Waals surface area contributed by atoms with E-state index in [1.807, 2.05) is 42.1 Å². The van der Waals surface area contributed by atoms with Gasteiger partial charge in [-0.15, -0.1) is 0 Å². The molecule has 0 aromatic carbocycles. The van der Waals surface area contributed by atoms with Crippen molar-refractivity contribution < 1.29 is 8.78 Å². The lowest BCUT2D eigenvalue weighted by atomic mass is 10.00. The predicted octanol–water partition coefficient (Wildman–Crippen LogP) is 3.61. The molecule has 196 valence electrons. The molecule has 2 aliphatic heterocycles. The Labute approximate surface area is 221 Å². The first kappa shape index (κ1) is 23.5. The van der Waals surface area contributed by atoms with Gasteiger partial charge in [-0.25, -0.2) is 23.7 Å². The van der Waals surface area contributed by atoms with E-state index in [9.17, 15) is 8.78 Å². The summed E-state index contributed by atoms with van der Waals surface area (Å²) in [7, 11) is 0. The second kappa shape index (κ2) is 9.02. The number of likely N-dealkylation sites (tertiary alicyclic amines) is 1. The second-order valence-electron chi connectivity index (χ2n) is 9.96. The number of hydrazone groups is 1. The molecular weight excluding hydrogens is 502 g/mol. The number of pyridine rings is 3. The molecule has 0 atom stereocenters. The number of alkyl halides is 2. The van der Waals surface area contributed by atoms with E-state index in [0.717, 1.165) is 39.2 Å². The minimum Gasteiger partial charge on any atom is -0.333 e. The van der Waals surface area contributed by atoms with Crippen molar-refractivity contribution in [2.75, 3.05) is 13.1 Å². The van der Waals surface area contributed by atoms with Gasteiger partial charge < -0.3 is 15.0 Å². The molecule has 0 amide bonds. The minimum atomic E-state index is -2.63. The van der Waals surface area contributed by atoms with Crippen molar-refractivity contribution in [3.05, 3.63) is 83.7 Å². The van der Waals surface area contributed by atoms with Crippen LogP contribution in [0.1, 0.15) is 34.6 Å². The molecule has 7 rings (SSSR count). The van der Waals surface area contributed by atoms with Crippen LogP contribution in [0, 0.1) is 6.92 Å². The quantitative estimate of drug-likeness (QED) is 0.360. The van der Waals surface area contributed by atoms with Crippen molar-refractivity contribution in [2.24, 2.45) is 5.10 Å². The summed E-state index contributed by atoms with van der Waals surface area (Å²) in [6.07, 6.45) is 10.6. The zero-order valence-corrected chi connectivity index (χ0v) is 21.1. The molecule has 0 unspecified atom stereocenters. The Kier molecular flexibility index (Phi) is 5.44. The Bertz CT molecular complexity index is 1740. The summed E-state index contributed by atoms with van der Waals surface area (Å²) in [5.41, 5.74) is 11.1. The summed E-state index contributed by atoms with van der Waals surface area (Å²) < 4.78 is 29.2. The van der Waals surface area contributed by atoms with E-state index >= 15 is 0 Å². The van der Waals surface area contributed by atoms with Crippen LogP contribution < -0.4 is 5.43 Å². The van der Waals surface area contributed by atoms with Gasteiger partial charge in [-0.3, -0.25) is 14.9 Å². The number of imidazole rings is 2. The summed E-state index contributed by atoms with van der Waals surface area (Å²) in [6, 6.07) is 5.84. The van der Waals surface area contributed by atoms with Gasteiger partial charge in [0, 0.05) is 67.2 Å². The number of fused-ring (bicyclic) bond motifs is 2. The van der Waals surface area contributed by atoms with Crippen molar-refractivity contribution in [1.82, 2.24) is 44.8 Å². The van der Waals surface area contributed by atoms with Crippen LogP contribution >= 0.6 is 0 Å². The Morgan fingerprint density at radius 2 is 2.03 bits per heavy atom. The van der Waals surface area contributed by atoms with Gasteiger partial charge in [-0.2, -0.15) is 5.10 Å². The monoisotopic (exact) mass is 526 g/mol. The molecule has 0 radical (unpaired) electrons. The van der Waals surface area contributed by atoms with E-state index in [1.54, 1.807) is 29.8 Å². The molecule has 0 spiro atoms. The largest absolute Gasteiger partial charge is 0.333 e. The first-order valence-electron chi connectivity index (χ1n) is 12.6. The fraction of sp³-hybridized carbons (Fsp3) is 0.259. The van der Waals surface area contributed by atoms with Crippen molar-refractivity contribution in [3.8, 4) is 16.9 Å². The molecule has 10 nitrogen and oxygen atoms in total. The highest BCUT2D eigenvalue weighted by atomic mass is 19.3. The lowest BCUT2D eigenvalue weighted by Gasteiger charge is -2.18. The van der Waals surface area contributed by atoms with Crippen LogP contribution in [0.3, 0.4) is 0 Å². The van der Waals surface area contributed by atoms with E-state index < -0.39 is 5.92 Å². The van der Waals surface area contributed by atoms with Crippen LogP contribution in [0.15, 0.2) is 60.6 Å². The number of nitrogens with zero attached hydrogens (tertiary/aromatic N) is 8. The van der Waals surface area contributed by atoms with Crippen molar-refractivity contribution in [1.29, 1.82) is 0 Å². The van der Waals surface area contributed by atoms with Crippen LogP contribution in [0.5, 0.6) is 0 Å². The van der Waals surface area contributed by atoms with Crippen LogP contribution in [0.4, 0.5) is 8.78 Å². The molecular formula is C27H24F2N10. The normalized spacial score (nSPS) is 16.7. The van der Waals surface area contributed by atoms with Gasteiger partial charge in [0.25, 0.3) is 5.92 Å². The zero-order chi connectivity index (χ0) is 26.6. The van der Waals surface area contributed by atoms with E-state index in [0.29, 0.717) is 42.5 Å². The average molecular weight is 527 g/mol. The van der Waals surface area contributed by atoms with Gasteiger partial charge in [-0.1, -0.05) is 0 Å². The summed E-state index contributed by atoms with van der Waals surface area (Å²) in [6.45, 7) is 3.04. The summed E-state index contributed by atoms with van der Waals surface area (Å²) in [4.78, 5) is 27.7. The van der Waals surface area contributed by atoms with Gasteiger partial charge in [0.1, 0.15) is 11.2 Å². The smallest absolute Gasteiger partial charge is 0.261 e. The lowest BCUT2D eigenvalue weighted by molar-refractivity contribution is 0.0115. The number of aromatic nitrogens is 7. The molecule has 5 aromatic rings. The van der Waals surface area contributed by atoms with Gasteiger partial charge in [-0.05, 0) is 30.7 Å². The Morgan fingerprint density at radius 1 is 1.10 bits per heavy atom. The van der Waals surface area contributed by atoms with E-state index in [2.05, 4.69) is 35.4 Å². The maximum atomic E-state index is 13.7. The lowest BCUT2D eigenvalue weighted by Crippen LogP contribution is -2.24. The zero-order valence-electron chi connectivity index (χ0n) is 21.1. The number of halogens is 2. The highest BCUT2D eigenvalue weighted by Crippen LogP contribution is 2.29. The van der Waals surface area contributed by atoms with Gasteiger partial charge >= 0.3 is 0 Å². The molecule has 5 aromatic heterocycles. The predicted molar refractivity (Wildman–Crippen MR) is 141 cm³/mol. The molecule has 0 aliphatic carbocycles. The first-order valence-corrected chi connectivity index (χ1v) is 12.6. The maximum absolute atomic E-state index is 13.7. The topological polar surface area (TPSA) is 113 Å². The van der Waals surface area contributed by atoms with E-state index in [1.165, 1.54) is 0 Å². The van der Waals surface area contributed by atoms with Crippen LogP contribution in [0.25, 0.3) is 28.1 Å². The fourth-order valence-corrected chi connectivity index (χ4v) is 5.14. The number of hydrogen-bond acceptors (Lipinski definition) is 8. The second-order valence-corrected chi connectivity index (χ2v) is 9.96. The molecule has 2 aliphatic rings. The maximum Gasteiger partial charge on any atom is 0.261 e. The number of nitrogens with one attached hydrogen (secondary N) is 2. The fourth-order valence-electron chi connectivity index (χ4n) is 5.14. The van der Waals surface area contributed by atoms with Crippen molar-refractivity contribution in [2.45, 2.75) is 32.4 Å². The minimum absolute atomic E-state index is 0.108. The first-order chi connectivity index (χ1) is 18.9. The Hall–Kier alpha value is -4.58. The van der Waals surface area contributed by atoms with Gasteiger partial charge in [0.2, 0.25) is 0 Å². The highest BCUT2D eigenvalue weighted by molar-refractivity contribution is 6.13. The third kappa shape index (κ3) is 4.42. The number of aromatic amines is 1. The summed E-state index contributed by atoms with van der Waals surface area (Å²) in [5.74, 6) is -2.05. The Balaban J connectivity index is 1.22. The molecule has 0 saturated carbocycles. The number of rotatable bonds is 5. The molecule has 1 saturated heterocycles. The van der Waals surface area contributed by atoms with Crippen molar-refractivity contribution in [3.63, 3.8) is 0 Å². The third-order valence-corrected chi connectivity index (χ3v) is 7.03. The molecule has 1 fully saturated rings. The summed E-state index contributed by atoms with van der Waals surface area (Å²) >= 11 is 0. The summed E-state index contributed by atoms with van der Waals surface area (Å²) in [5, 5.41) is 4.58. The number of H-pyrrole nitrogens is 1. The SMILES string of the molecule is Cc1cn(-c2ccnc3nc(C4=NNCc5cnc(-c6cncc(CN7CCC(F)(F)C7)c6)cc54)[nH]c23)cn1. The molecule has 7 heterocycles. The molecule has 39 heavy (non-hydrogen) atoms. The average Bonchev–Trinajstić information content (AvgIpc) is 3.65. The van der Waals surface area contributed by atoms with E-state index in [-0.39, 0.29) is 13.0 Å². The van der Waals surface area contributed by atoms with Crippen LogP contribution in [0.2, 0.25) is 0 Å². The van der Waals surface area contributed by atoms with Gasteiger partial charge in [0.05, 0.1) is 36.5 Å². The van der Waals surface area contributed by atoms with E-state index in [4.69, 9.17) is 4.98 Å². The molecule has 2 N–H and O–H groups in total. The van der Waals surface area contributed by atoms with Crippen LogP contribution in [-0.2, 0) is 13.1 Å². The highest BCUT2D eigenvalue weighted by Gasteiger charge is 2.38. The number of hydrogen-bond donors (Lipinski definition) is 2. The van der Waals surface area contributed by atoms with Crippen LogP contribution in [-0.4, -0.2) is 64.1 Å².